The highest BCUT2D eigenvalue weighted by Crippen LogP contribution is 2.30. The van der Waals surface area contributed by atoms with Gasteiger partial charge in [0.25, 0.3) is 0 Å². The molecule has 0 bridgehead atoms. The topological polar surface area (TPSA) is 85.3 Å². The summed E-state index contributed by atoms with van der Waals surface area (Å²) in [6.07, 6.45) is 4.09. The molecule has 3 aromatic rings. The average Bonchev–Trinajstić information content (AvgIpc) is 2.73. The van der Waals surface area contributed by atoms with Crippen LogP contribution in [0.4, 0.5) is 17.6 Å². The summed E-state index contributed by atoms with van der Waals surface area (Å²) in [7, 11) is 5.14. The number of methoxy groups -OCH3 is 2. The molecule has 0 unspecified atom stereocenters. The average molecular weight is 366 g/mol. The fourth-order valence-corrected chi connectivity index (χ4v) is 2.50. The number of pyridine rings is 1. The van der Waals surface area contributed by atoms with Crippen molar-refractivity contribution in [1.29, 1.82) is 0 Å². The summed E-state index contributed by atoms with van der Waals surface area (Å²) in [5.74, 6) is 2.33. The first kappa shape index (κ1) is 18.4. The highest BCUT2D eigenvalue weighted by Gasteiger charge is 2.09. The van der Waals surface area contributed by atoms with Crippen LogP contribution in [0.25, 0.3) is 0 Å². The number of anilines is 3. The van der Waals surface area contributed by atoms with E-state index >= 15 is 0 Å². The molecule has 8 nitrogen and oxygen atoms in total. The molecule has 27 heavy (non-hydrogen) atoms. The van der Waals surface area contributed by atoms with E-state index in [-0.39, 0.29) is 0 Å². The molecular formula is C19H22N6O2. The van der Waals surface area contributed by atoms with E-state index in [1.165, 1.54) is 6.33 Å². The van der Waals surface area contributed by atoms with Crippen LogP contribution in [-0.4, -0.2) is 47.7 Å². The van der Waals surface area contributed by atoms with Gasteiger partial charge in [-0.3, -0.25) is 4.98 Å². The zero-order valence-electron chi connectivity index (χ0n) is 15.6. The number of hydrogen-bond acceptors (Lipinski definition) is 8. The molecule has 140 valence electrons. The molecule has 0 saturated carbocycles. The van der Waals surface area contributed by atoms with Crippen molar-refractivity contribution in [3.63, 3.8) is 0 Å². The summed E-state index contributed by atoms with van der Waals surface area (Å²) in [6, 6.07) is 11.4. The second kappa shape index (κ2) is 8.79. The van der Waals surface area contributed by atoms with Crippen LogP contribution in [-0.2, 0) is 6.42 Å². The van der Waals surface area contributed by atoms with Gasteiger partial charge in [0, 0.05) is 43.7 Å². The van der Waals surface area contributed by atoms with Gasteiger partial charge in [-0.25, -0.2) is 9.97 Å². The third-order valence-electron chi connectivity index (χ3n) is 3.97. The molecule has 2 aromatic heterocycles. The van der Waals surface area contributed by atoms with Crippen LogP contribution in [0.5, 0.6) is 11.5 Å². The maximum absolute atomic E-state index is 5.32. The van der Waals surface area contributed by atoms with Gasteiger partial charge >= 0.3 is 0 Å². The van der Waals surface area contributed by atoms with Crippen LogP contribution in [0.1, 0.15) is 5.69 Å². The lowest BCUT2D eigenvalue weighted by Crippen LogP contribution is -2.23. The summed E-state index contributed by atoms with van der Waals surface area (Å²) in [5, 5.41) is 3.16. The van der Waals surface area contributed by atoms with Crippen molar-refractivity contribution in [2.75, 3.05) is 38.0 Å². The second-order valence-electron chi connectivity index (χ2n) is 5.80. The van der Waals surface area contributed by atoms with Gasteiger partial charge in [-0.05, 0) is 24.3 Å². The Balaban J connectivity index is 1.68. The third-order valence-corrected chi connectivity index (χ3v) is 3.97. The van der Waals surface area contributed by atoms with Crippen LogP contribution < -0.4 is 19.7 Å². The molecule has 0 saturated heterocycles. The molecule has 8 heteroatoms. The number of ether oxygens (including phenoxy) is 2. The lowest BCUT2D eigenvalue weighted by molar-refractivity contribution is 0.355. The van der Waals surface area contributed by atoms with E-state index in [1.807, 2.05) is 48.3 Å². The van der Waals surface area contributed by atoms with Crippen molar-refractivity contribution in [3.8, 4) is 11.5 Å². The smallest absolute Gasteiger partial charge is 0.232 e. The number of hydrogen-bond donors (Lipinski definition) is 1. The SMILES string of the molecule is COc1ccc(Nc2ncnc(N(C)CCc3ccccn3)n2)cc1OC. The Hall–Kier alpha value is -3.42. The van der Waals surface area contributed by atoms with Gasteiger partial charge < -0.3 is 19.7 Å². The number of nitrogens with one attached hydrogen (secondary N) is 1. The number of likely N-dealkylation sites (N-methyl/N-ethyl adjacent to an activating group) is 1. The van der Waals surface area contributed by atoms with Crippen molar-refractivity contribution in [1.82, 2.24) is 19.9 Å². The number of aromatic nitrogens is 4. The van der Waals surface area contributed by atoms with E-state index in [0.717, 1.165) is 24.3 Å². The number of rotatable bonds is 8. The summed E-state index contributed by atoms with van der Waals surface area (Å²) in [6.45, 7) is 0.747. The summed E-state index contributed by atoms with van der Waals surface area (Å²) in [4.78, 5) is 19.2. The summed E-state index contributed by atoms with van der Waals surface area (Å²) >= 11 is 0. The minimum atomic E-state index is 0.455. The van der Waals surface area contributed by atoms with Crippen LogP contribution in [0, 0.1) is 0 Å². The minimum Gasteiger partial charge on any atom is -0.493 e. The molecular weight excluding hydrogens is 344 g/mol. The second-order valence-corrected chi connectivity index (χ2v) is 5.80. The predicted molar refractivity (Wildman–Crippen MR) is 104 cm³/mol. The maximum Gasteiger partial charge on any atom is 0.232 e. The molecule has 0 atom stereocenters. The van der Waals surface area contributed by atoms with E-state index in [1.54, 1.807) is 20.4 Å². The van der Waals surface area contributed by atoms with E-state index in [4.69, 9.17) is 9.47 Å². The number of benzene rings is 1. The van der Waals surface area contributed by atoms with Crippen LogP contribution in [0.15, 0.2) is 48.9 Å². The van der Waals surface area contributed by atoms with Crippen molar-refractivity contribution in [2.45, 2.75) is 6.42 Å². The van der Waals surface area contributed by atoms with Gasteiger partial charge in [0.05, 0.1) is 14.2 Å². The quantitative estimate of drug-likeness (QED) is 0.651. The van der Waals surface area contributed by atoms with Gasteiger partial charge in [-0.2, -0.15) is 4.98 Å². The van der Waals surface area contributed by atoms with Gasteiger partial charge in [0.1, 0.15) is 6.33 Å². The van der Waals surface area contributed by atoms with Crippen molar-refractivity contribution in [2.24, 2.45) is 0 Å². The number of nitrogens with zero attached hydrogens (tertiary/aromatic N) is 5. The highest BCUT2D eigenvalue weighted by molar-refractivity contribution is 5.60. The molecule has 2 heterocycles. The molecule has 0 fully saturated rings. The van der Waals surface area contributed by atoms with E-state index in [2.05, 4.69) is 25.3 Å². The lowest BCUT2D eigenvalue weighted by atomic mass is 10.2. The molecule has 1 N–H and O–H groups in total. The monoisotopic (exact) mass is 366 g/mol. The Morgan fingerprint density at radius 1 is 1.00 bits per heavy atom. The van der Waals surface area contributed by atoms with E-state index in [0.29, 0.717) is 23.4 Å². The largest absolute Gasteiger partial charge is 0.493 e. The van der Waals surface area contributed by atoms with Gasteiger partial charge in [-0.1, -0.05) is 6.07 Å². The molecule has 0 aliphatic heterocycles. The zero-order valence-corrected chi connectivity index (χ0v) is 15.6. The Kier molecular flexibility index (Phi) is 5.98. The third kappa shape index (κ3) is 4.81. The normalized spacial score (nSPS) is 10.3. The van der Waals surface area contributed by atoms with Crippen LogP contribution in [0.2, 0.25) is 0 Å². The Labute approximate surface area is 158 Å². The Bertz CT molecular complexity index is 875. The summed E-state index contributed by atoms with van der Waals surface area (Å²) in [5.41, 5.74) is 1.82. The fraction of sp³-hybridized carbons (Fsp3) is 0.263. The minimum absolute atomic E-state index is 0.455. The first-order valence-electron chi connectivity index (χ1n) is 8.48. The molecule has 0 aliphatic rings. The maximum atomic E-state index is 5.32. The molecule has 0 amide bonds. The molecule has 0 spiro atoms. The van der Waals surface area contributed by atoms with Gasteiger partial charge in [-0.15, -0.1) is 0 Å². The Morgan fingerprint density at radius 3 is 2.59 bits per heavy atom. The van der Waals surface area contributed by atoms with Crippen LogP contribution >= 0.6 is 0 Å². The van der Waals surface area contributed by atoms with E-state index in [9.17, 15) is 0 Å². The summed E-state index contributed by atoms with van der Waals surface area (Å²) < 4.78 is 10.6. The van der Waals surface area contributed by atoms with Crippen molar-refractivity contribution < 1.29 is 9.47 Å². The van der Waals surface area contributed by atoms with Gasteiger partial charge in [0.15, 0.2) is 11.5 Å². The highest BCUT2D eigenvalue weighted by atomic mass is 16.5. The lowest BCUT2D eigenvalue weighted by Gasteiger charge is -2.17. The fourth-order valence-electron chi connectivity index (χ4n) is 2.50. The molecule has 0 aliphatic carbocycles. The van der Waals surface area contributed by atoms with Crippen LogP contribution in [0.3, 0.4) is 0 Å². The first-order chi connectivity index (χ1) is 13.2. The molecule has 0 radical (unpaired) electrons. The molecule has 1 aromatic carbocycles. The van der Waals surface area contributed by atoms with Crippen molar-refractivity contribution in [3.05, 3.63) is 54.6 Å². The zero-order chi connectivity index (χ0) is 19.1. The first-order valence-corrected chi connectivity index (χ1v) is 8.48. The standard InChI is InChI=1S/C19H22N6O2/c1-25(11-9-14-6-4-5-10-20-14)19-22-13-21-18(24-19)23-15-7-8-16(26-2)17(12-15)27-3/h4-8,10,12-13H,9,11H2,1-3H3,(H,21,22,23,24). The molecule has 3 rings (SSSR count). The van der Waals surface area contributed by atoms with Gasteiger partial charge in [0.2, 0.25) is 11.9 Å². The van der Waals surface area contributed by atoms with E-state index < -0.39 is 0 Å². The Morgan fingerprint density at radius 2 is 1.85 bits per heavy atom. The van der Waals surface area contributed by atoms with Crippen molar-refractivity contribution >= 4 is 17.6 Å². The predicted octanol–water partition coefficient (Wildman–Crippen LogP) is 2.71.